The molecule has 0 unspecified atom stereocenters. The van der Waals surface area contributed by atoms with Crippen molar-refractivity contribution in [1.29, 1.82) is 0 Å². The van der Waals surface area contributed by atoms with Crippen LogP contribution >= 0.6 is 22.6 Å². The first kappa shape index (κ1) is 11.6. The third-order valence-corrected chi connectivity index (χ3v) is 2.49. The van der Waals surface area contributed by atoms with Crippen molar-refractivity contribution in [3.05, 3.63) is 20.9 Å². The molecule has 0 spiro atoms. The van der Waals surface area contributed by atoms with Gasteiger partial charge in [0.05, 0.1) is 25.0 Å². The average molecular weight is 315 g/mol. The van der Waals surface area contributed by atoms with Crippen LogP contribution in [0.5, 0.6) is 5.88 Å². The molecule has 0 radical (unpaired) electrons. The Morgan fingerprint density at radius 1 is 1.64 bits per heavy atom. The van der Waals surface area contributed by atoms with E-state index in [4.69, 9.17) is 9.84 Å². The number of hydrogen-bond donors (Lipinski definition) is 1. The quantitative estimate of drug-likeness (QED) is 0.869. The minimum absolute atomic E-state index is 0.129. The highest BCUT2D eigenvalue weighted by atomic mass is 127. The fourth-order valence-electron chi connectivity index (χ4n) is 0.983. The minimum atomic E-state index is -2.63. The normalized spacial score (nSPS) is 10.7. The van der Waals surface area contributed by atoms with Crippen LogP contribution < -0.4 is 4.74 Å². The maximum Gasteiger partial charge on any atom is 0.270 e. The standard InChI is InChI=1S/C8H8F2INO2/c1-14-8-6(7(9)10)5(11)2-4(3-13)12-8/h2,7,13H,3H2,1H3. The maximum atomic E-state index is 12.5. The van der Waals surface area contributed by atoms with Gasteiger partial charge in [0.1, 0.15) is 0 Å². The number of pyridine rings is 1. The van der Waals surface area contributed by atoms with E-state index in [0.717, 1.165) is 0 Å². The Hall–Kier alpha value is -0.500. The number of alkyl halides is 2. The van der Waals surface area contributed by atoms with Crippen LogP contribution in [0.25, 0.3) is 0 Å². The largest absolute Gasteiger partial charge is 0.481 e. The molecule has 6 heteroatoms. The topological polar surface area (TPSA) is 42.4 Å². The fourth-order valence-corrected chi connectivity index (χ4v) is 1.81. The lowest BCUT2D eigenvalue weighted by molar-refractivity contribution is 0.144. The Kier molecular flexibility index (Phi) is 3.99. The Morgan fingerprint density at radius 2 is 2.29 bits per heavy atom. The van der Waals surface area contributed by atoms with Crippen molar-refractivity contribution in [1.82, 2.24) is 4.98 Å². The lowest BCUT2D eigenvalue weighted by atomic mass is 10.2. The molecule has 78 valence electrons. The first-order valence-corrected chi connectivity index (χ1v) is 4.80. The number of aliphatic hydroxyl groups excluding tert-OH is 1. The monoisotopic (exact) mass is 315 g/mol. The predicted molar refractivity (Wildman–Crippen MR) is 54.4 cm³/mol. The van der Waals surface area contributed by atoms with Crippen LogP contribution in [0.15, 0.2) is 6.07 Å². The predicted octanol–water partition coefficient (Wildman–Crippen LogP) is 2.12. The number of methoxy groups -OCH3 is 1. The summed E-state index contributed by atoms with van der Waals surface area (Å²) in [5.74, 6) is -0.129. The zero-order valence-corrected chi connectivity index (χ0v) is 9.46. The molecule has 14 heavy (non-hydrogen) atoms. The van der Waals surface area contributed by atoms with Gasteiger partial charge in [-0.25, -0.2) is 13.8 Å². The molecule has 0 bridgehead atoms. The van der Waals surface area contributed by atoms with Crippen LogP contribution in [0.3, 0.4) is 0 Å². The molecule has 0 saturated heterocycles. The summed E-state index contributed by atoms with van der Waals surface area (Å²) in [7, 11) is 1.27. The highest BCUT2D eigenvalue weighted by Gasteiger charge is 2.19. The number of rotatable bonds is 3. The Morgan fingerprint density at radius 3 is 2.71 bits per heavy atom. The van der Waals surface area contributed by atoms with Crippen LogP contribution in [0.4, 0.5) is 8.78 Å². The number of hydrogen-bond acceptors (Lipinski definition) is 3. The SMILES string of the molecule is COc1nc(CO)cc(I)c1C(F)F. The van der Waals surface area contributed by atoms with Gasteiger partial charge in [-0.15, -0.1) is 0 Å². The van der Waals surface area contributed by atoms with Gasteiger partial charge in [0.25, 0.3) is 6.43 Å². The summed E-state index contributed by atoms with van der Waals surface area (Å²) in [4.78, 5) is 3.73. The van der Waals surface area contributed by atoms with Gasteiger partial charge in [0.15, 0.2) is 0 Å². The van der Waals surface area contributed by atoms with E-state index in [-0.39, 0.29) is 18.1 Å². The molecule has 1 aromatic heterocycles. The van der Waals surface area contributed by atoms with E-state index in [0.29, 0.717) is 9.26 Å². The summed E-state index contributed by atoms with van der Waals surface area (Å²) in [5.41, 5.74) is 0.0842. The summed E-state index contributed by atoms with van der Waals surface area (Å²) in [6.45, 7) is -0.296. The smallest absolute Gasteiger partial charge is 0.270 e. The van der Waals surface area contributed by atoms with Gasteiger partial charge >= 0.3 is 0 Å². The van der Waals surface area contributed by atoms with Gasteiger partial charge in [-0.2, -0.15) is 0 Å². The van der Waals surface area contributed by atoms with Gasteiger partial charge in [-0.1, -0.05) is 0 Å². The first-order valence-electron chi connectivity index (χ1n) is 3.72. The van der Waals surface area contributed by atoms with Crippen LogP contribution in [-0.4, -0.2) is 17.2 Å². The second-order valence-corrected chi connectivity index (χ2v) is 3.64. The van der Waals surface area contributed by atoms with Gasteiger partial charge in [-0.3, -0.25) is 0 Å². The Labute approximate surface area is 93.2 Å². The van der Waals surface area contributed by atoms with Crippen LogP contribution in [0.1, 0.15) is 17.7 Å². The molecular formula is C8H8F2INO2. The second-order valence-electron chi connectivity index (χ2n) is 2.48. The lowest BCUT2D eigenvalue weighted by Gasteiger charge is -2.10. The van der Waals surface area contributed by atoms with Crippen molar-refractivity contribution in [2.75, 3.05) is 7.11 Å². The molecule has 1 rings (SSSR count). The minimum Gasteiger partial charge on any atom is -0.481 e. The van der Waals surface area contributed by atoms with E-state index in [9.17, 15) is 8.78 Å². The van der Waals surface area contributed by atoms with E-state index in [1.807, 2.05) is 0 Å². The zero-order valence-electron chi connectivity index (χ0n) is 7.30. The highest BCUT2D eigenvalue weighted by Crippen LogP contribution is 2.32. The Bertz CT molecular complexity index is 333. The van der Waals surface area contributed by atoms with Crippen molar-refractivity contribution in [3.63, 3.8) is 0 Å². The summed E-state index contributed by atoms with van der Waals surface area (Å²) < 4.78 is 30.1. The molecule has 0 aliphatic heterocycles. The molecule has 0 aliphatic rings. The van der Waals surface area contributed by atoms with Crippen molar-refractivity contribution in [3.8, 4) is 5.88 Å². The van der Waals surface area contributed by atoms with E-state index in [2.05, 4.69) is 4.98 Å². The van der Waals surface area contributed by atoms with Crippen LogP contribution in [0.2, 0.25) is 0 Å². The fraction of sp³-hybridized carbons (Fsp3) is 0.375. The van der Waals surface area contributed by atoms with Gasteiger partial charge in [-0.05, 0) is 28.7 Å². The molecule has 0 atom stereocenters. The Balaban J connectivity index is 3.27. The van der Waals surface area contributed by atoms with Gasteiger partial charge < -0.3 is 9.84 Å². The van der Waals surface area contributed by atoms with E-state index >= 15 is 0 Å². The van der Waals surface area contributed by atoms with Crippen LogP contribution in [0, 0.1) is 3.57 Å². The van der Waals surface area contributed by atoms with E-state index < -0.39 is 6.43 Å². The number of aromatic nitrogens is 1. The molecular weight excluding hydrogens is 307 g/mol. The molecule has 1 aromatic rings. The number of ether oxygens (including phenoxy) is 1. The molecule has 1 N–H and O–H groups in total. The molecule has 1 heterocycles. The summed E-state index contributed by atoms with van der Waals surface area (Å²) in [5, 5.41) is 8.80. The maximum absolute atomic E-state index is 12.5. The summed E-state index contributed by atoms with van der Waals surface area (Å²) >= 11 is 1.76. The second kappa shape index (κ2) is 4.83. The zero-order chi connectivity index (χ0) is 10.7. The third kappa shape index (κ3) is 2.30. The summed E-state index contributed by atoms with van der Waals surface area (Å²) in [6, 6.07) is 1.41. The van der Waals surface area contributed by atoms with Gasteiger partial charge in [0, 0.05) is 3.57 Å². The number of halogens is 3. The van der Waals surface area contributed by atoms with Crippen molar-refractivity contribution in [2.24, 2.45) is 0 Å². The van der Waals surface area contributed by atoms with Crippen molar-refractivity contribution < 1.29 is 18.6 Å². The van der Waals surface area contributed by atoms with Crippen molar-refractivity contribution >= 4 is 22.6 Å². The molecule has 0 fully saturated rings. The molecule has 0 amide bonds. The van der Waals surface area contributed by atoms with Gasteiger partial charge in [0.2, 0.25) is 5.88 Å². The number of aliphatic hydroxyl groups is 1. The first-order chi connectivity index (χ1) is 6.60. The molecule has 3 nitrogen and oxygen atoms in total. The third-order valence-electron chi connectivity index (χ3n) is 1.60. The highest BCUT2D eigenvalue weighted by molar-refractivity contribution is 14.1. The van der Waals surface area contributed by atoms with Crippen LogP contribution in [-0.2, 0) is 6.61 Å². The molecule has 0 aliphatic carbocycles. The lowest BCUT2D eigenvalue weighted by Crippen LogP contribution is -2.02. The summed E-state index contributed by atoms with van der Waals surface area (Å²) in [6.07, 6.45) is -2.63. The number of nitrogens with zero attached hydrogens (tertiary/aromatic N) is 1. The van der Waals surface area contributed by atoms with Crippen molar-refractivity contribution in [2.45, 2.75) is 13.0 Å². The molecule has 0 saturated carbocycles. The molecule has 0 aromatic carbocycles. The van der Waals surface area contributed by atoms with E-state index in [1.165, 1.54) is 13.2 Å². The van der Waals surface area contributed by atoms with E-state index in [1.54, 1.807) is 22.6 Å². The average Bonchev–Trinajstić information content (AvgIpc) is 2.15.